The molecule has 1 aliphatic rings. The summed E-state index contributed by atoms with van der Waals surface area (Å²) in [5.74, 6) is 2.41. The fourth-order valence-electron chi connectivity index (χ4n) is 4.35. The first kappa shape index (κ1) is 21.6. The van der Waals surface area contributed by atoms with Crippen molar-refractivity contribution < 1.29 is 4.79 Å². The fourth-order valence-corrected chi connectivity index (χ4v) is 5.19. The summed E-state index contributed by atoms with van der Waals surface area (Å²) in [6, 6.07) is 17.9. The Morgan fingerprint density at radius 3 is 2.63 bits per heavy atom. The zero-order valence-corrected chi connectivity index (χ0v) is 20.1. The molecule has 3 aromatic heterocycles. The molecule has 0 aliphatic carbocycles. The Kier molecular flexibility index (Phi) is 5.57. The molecule has 0 atom stereocenters. The first-order valence-corrected chi connectivity index (χ1v) is 12.5. The Balaban J connectivity index is 1.07. The van der Waals surface area contributed by atoms with Crippen LogP contribution in [0, 0.1) is 6.92 Å². The Labute approximate surface area is 206 Å². The van der Waals surface area contributed by atoms with Crippen molar-refractivity contribution >= 4 is 40.3 Å². The molecule has 176 valence electrons. The number of rotatable bonds is 5. The highest BCUT2D eigenvalue weighted by Crippen LogP contribution is 2.24. The zero-order valence-electron chi connectivity index (χ0n) is 19.3. The second-order valence-corrected chi connectivity index (χ2v) is 9.52. The summed E-state index contributed by atoms with van der Waals surface area (Å²) >= 11 is 1.66. The normalized spacial score (nSPS) is 14.2. The number of benzene rings is 2. The van der Waals surface area contributed by atoms with Crippen molar-refractivity contribution in [2.75, 3.05) is 31.1 Å². The number of aromatic amines is 1. The summed E-state index contributed by atoms with van der Waals surface area (Å²) in [6.45, 7) is 4.73. The smallest absolute Gasteiger partial charge is 0.254 e. The van der Waals surface area contributed by atoms with Gasteiger partial charge in [-0.25, -0.2) is 9.97 Å². The highest BCUT2D eigenvalue weighted by Gasteiger charge is 2.24. The molecule has 1 saturated heterocycles. The van der Waals surface area contributed by atoms with E-state index in [1.165, 1.54) is 6.33 Å². The summed E-state index contributed by atoms with van der Waals surface area (Å²) in [5, 5.41) is 5.20. The van der Waals surface area contributed by atoms with Crippen LogP contribution in [0.4, 0.5) is 5.82 Å². The number of anilines is 1. The maximum Gasteiger partial charge on any atom is 0.254 e. The molecule has 0 bridgehead atoms. The van der Waals surface area contributed by atoms with E-state index in [2.05, 4.69) is 29.9 Å². The molecule has 1 aliphatic heterocycles. The number of H-pyrrole nitrogens is 1. The molecule has 0 spiro atoms. The highest BCUT2D eigenvalue weighted by molar-refractivity contribution is 7.98. The number of amides is 1. The van der Waals surface area contributed by atoms with Gasteiger partial charge in [0.15, 0.2) is 5.16 Å². The SMILES string of the molecule is Cc1cc(N2CCN(C(=O)c3ccc(CSc4nc5ccccc5[nH]4)cc3)CC2)n2ncnc2n1. The van der Waals surface area contributed by atoms with E-state index in [0.29, 0.717) is 24.4 Å². The quantitative estimate of drug-likeness (QED) is 0.381. The van der Waals surface area contributed by atoms with Crippen molar-refractivity contribution in [1.82, 2.24) is 34.4 Å². The van der Waals surface area contributed by atoms with E-state index in [9.17, 15) is 4.79 Å². The van der Waals surface area contributed by atoms with Crippen LogP contribution in [0.3, 0.4) is 0 Å². The van der Waals surface area contributed by atoms with Crippen molar-refractivity contribution in [3.05, 3.63) is 77.7 Å². The number of para-hydroxylation sites is 2. The van der Waals surface area contributed by atoms with Crippen LogP contribution in [-0.2, 0) is 5.75 Å². The highest BCUT2D eigenvalue weighted by atomic mass is 32.2. The summed E-state index contributed by atoms with van der Waals surface area (Å²) in [5.41, 5.74) is 4.79. The van der Waals surface area contributed by atoms with Crippen LogP contribution in [0.25, 0.3) is 16.8 Å². The Bertz CT molecular complexity index is 1470. The van der Waals surface area contributed by atoms with Gasteiger partial charge in [-0.3, -0.25) is 4.79 Å². The number of thioether (sulfide) groups is 1. The first-order chi connectivity index (χ1) is 17.1. The molecule has 35 heavy (non-hydrogen) atoms. The minimum atomic E-state index is 0.0675. The maximum absolute atomic E-state index is 13.1. The molecule has 4 heterocycles. The van der Waals surface area contributed by atoms with Crippen molar-refractivity contribution in [3.8, 4) is 0 Å². The number of hydrogen-bond donors (Lipinski definition) is 1. The molecule has 0 radical (unpaired) electrons. The van der Waals surface area contributed by atoms with Gasteiger partial charge in [-0.1, -0.05) is 36.0 Å². The third kappa shape index (κ3) is 4.32. The number of carbonyl (C=O) groups is 1. The maximum atomic E-state index is 13.1. The molecule has 10 heteroatoms. The van der Waals surface area contributed by atoms with Crippen LogP contribution in [0.15, 0.2) is 66.1 Å². The molecule has 0 saturated carbocycles. The average Bonchev–Trinajstić information content (AvgIpc) is 3.53. The van der Waals surface area contributed by atoms with Gasteiger partial charge in [-0.2, -0.15) is 14.6 Å². The number of aryl methyl sites for hydroxylation is 1. The lowest BCUT2D eigenvalue weighted by Gasteiger charge is -2.36. The van der Waals surface area contributed by atoms with Crippen molar-refractivity contribution in [1.29, 1.82) is 0 Å². The van der Waals surface area contributed by atoms with Gasteiger partial charge in [0.2, 0.25) is 0 Å². The number of piperazine rings is 1. The van der Waals surface area contributed by atoms with Crippen molar-refractivity contribution in [3.63, 3.8) is 0 Å². The minimum absolute atomic E-state index is 0.0675. The number of hydrogen-bond acceptors (Lipinski definition) is 7. The van der Waals surface area contributed by atoms with E-state index in [0.717, 1.165) is 52.1 Å². The molecular formula is C25H24N8OS. The zero-order chi connectivity index (χ0) is 23.8. The monoisotopic (exact) mass is 484 g/mol. The first-order valence-electron chi connectivity index (χ1n) is 11.5. The van der Waals surface area contributed by atoms with Crippen molar-refractivity contribution in [2.24, 2.45) is 0 Å². The van der Waals surface area contributed by atoms with Gasteiger partial charge in [0.05, 0.1) is 11.0 Å². The van der Waals surface area contributed by atoms with E-state index in [1.54, 1.807) is 16.3 Å². The average molecular weight is 485 g/mol. The van der Waals surface area contributed by atoms with Crippen LogP contribution in [0.1, 0.15) is 21.6 Å². The minimum Gasteiger partial charge on any atom is -0.353 e. The molecule has 0 unspecified atom stereocenters. The van der Waals surface area contributed by atoms with Gasteiger partial charge >= 0.3 is 0 Å². The molecule has 2 aromatic carbocycles. The summed E-state index contributed by atoms with van der Waals surface area (Å²) < 4.78 is 1.76. The van der Waals surface area contributed by atoms with Crippen LogP contribution in [0.2, 0.25) is 0 Å². The van der Waals surface area contributed by atoms with Crippen LogP contribution < -0.4 is 4.90 Å². The van der Waals surface area contributed by atoms with Gasteiger partial charge in [0, 0.05) is 49.3 Å². The number of nitrogens with one attached hydrogen (secondary N) is 1. The number of imidazole rings is 1. The van der Waals surface area contributed by atoms with E-state index in [4.69, 9.17) is 0 Å². The summed E-state index contributed by atoms with van der Waals surface area (Å²) in [4.78, 5) is 33.8. The third-order valence-corrected chi connectivity index (χ3v) is 7.14. The van der Waals surface area contributed by atoms with Gasteiger partial charge in [-0.05, 0) is 36.8 Å². The van der Waals surface area contributed by atoms with E-state index in [1.807, 2.05) is 66.4 Å². The van der Waals surface area contributed by atoms with Crippen LogP contribution in [0.5, 0.6) is 0 Å². The Morgan fingerprint density at radius 2 is 1.83 bits per heavy atom. The van der Waals surface area contributed by atoms with E-state index in [-0.39, 0.29) is 5.91 Å². The van der Waals surface area contributed by atoms with Gasteiger partial charge in [0.25, 0.3) is 11.7 Å². The Morgan fingerprint density at radius 1 is 1.03 bits per heavy atom. The lowest BCUT2D eigenvalue weighted by atomic mass is 10.1. The standard InChI is InChI=1S/C25H24N8OS/c1-17-14-22(33-24(28-17)26-16-27-33)31-10-12-32(13-11-31)23(34)19-8-6-18(7-9-19)15-35-25-29-20-4-2-3-5-21(20)30-25/h2-9,14,16H,10-13,15H2,1H3,(H,29,30). The van der Waals surface area contributed by atoms with Crippen molar-refractivity contribution in [2.45, 2.75) is 17.8 Å². The molecule has 1 fully saturated rings. The third-order valence-electron chi connectivity index (χ3n) is 6.20. The second kappa shape index (κ2) is 9.03. The number of nitrogens with zero attached hydrogens (tertiary/aromatic N) is 7. The molecule has 9 nitrogen and oxygen atoms in total. The summed E-state index contributed by atoms with van der Waals surface area (Å²) in [6.07, 6.45) is 1.52. The number of carbonyl (C=O) groups excluding carboxylic acids is 1. The predicted molar refractivity (Wildman–Crippen MR) is 136 cm³/mol. The molecule has 6 rings (SSSR count). The topological polar surface area (TPSA) is 95.3 Å². The molecule has 1 amide bonds. The van der Waals surface area contributed by atoms with Gasteiger partial charge in [0.1, 0.15) is 12.1 Å². The fraction of sp³-hybridized carbons (Fsp3) is 0.240. The largest absolute Gasteiger partial charge is 0.353 e. The van der Waals surface area contributed by atoms with E-state index < -0.39 is 0 Å². The number of fused-ring (bicyclic) bond motifs is 2. The van der Waals surface area contributed by atoms with Crippen LogP contribution in [-0.4, -0.2) is 66.5 Å². The Hall–Kier alpha value is -3.92. The summed E-state index contributed by atoms with van der Waals surface area (Å²) in [7, 11) is 0. The molecule has 1 N–H and O–H groups in total. The van der Waals surface area contributed by atoms with Gasteiger partial charge in [-0.15, -0.1) is 0 Å². The van der Waals surface area contributed by atoms with Crippen LogP contribution >= 0.6 is 11.8 Å². The lowest BCUT2D eigenvalue weighted by molar-refractivity contribution is 0.0746. The molecule has 5 aromatic rings. The van der Waals surface area contributed by atoms with E-state index >= 15 is 0 Å². The molecular weight excluding hydrogens is 460 g/mol. The predicted octanol–water partition coefficient (Wildman–Crippen LogP) is 3.56. The number of aromatic nitrogens is 6. The van der Waals surface area contributed by atoms with Gasteiger partial charge < -0.3 is 14.8 Å². The lowest BCUT2D eigenvalue weighted by Crippen LogP contribution is -2.49. The second-order valence-electron chi connectivity index (χ2n) is 8.55.